The fraction of sp³-hybridized carbons (Fsp3) is 0. The van der Waals surface area contributed by atoms with Gasteiger partial charge in [0.25, 0.3) is 0 Å². The first-order chi connectivity index (χ1) is 34.1. The molecule has 318 valence electrons. The minimum absolute atomic E-state index is 0.333. The van der Waals surface area contributed by atoms with Crippen LogP contribution in [-0.4, -0.2) is 13.7 Å². The Morgan fingerprint density at radius 3 is 0.971 bits per heavy atom. The van der Waals surface area contributed by atoms with Crippen molar-refractivity contribution in [3.05, 3.63) is 235 Å². The molecule has 0 unspecified atom stereocenters. The molecule has 3 heterocycles. The molecule has 6 nitrogen and oxygen atoms in total. The number of hydrogen-bond donors (Lipinski definition) is 0. The molecule has 0 aliphatic heterocycles. The number of nitriles is 3. The highest BCUT2D eigenvalue weighted by molar-refractivity contribution is 6.15. The first kappa shape index (κ1) is 39.4. The number of hydrogen-bond acceptors (Lipinski definition) is 3. The van der Waals surface area contributed by atoms with Gasteiger partial charge in [-0.25, -0.2) is 0 Å². The molecule has 0 radical (unpaired) electrons. The SMILES string of the molecule is N#Cc1ccc(-c2c(-n3c4ccccc4c4ccccc43)c(C#N)c(-n3c4ccc(-c5ccccc5)cc4c4cc(-c5ccccc5)ccc43)c(C#N)c2-n2c3ccccc3c3ccccc32)cc1. The molecule has 0 N–H and O–H groups in total. The van der Waals surface area contributed by atoms with Crippen LogP contribution in [0.2, 0.25) is 0 Å². The maximum Gasteiger partial charge on any atom is 0.104 e. The van der Waals surface area contributed by atoms with E-state index in [1.165, 1.54) is 0 Å². The van der Waals surface area contributed by atoms with Crippen LogP contribution in [0.4, 0.5) is 0 Å². The molecule has 13 aromatic rings. The number of benzene rings is 10. The summed E-state index contributed by atoms with van der Waals surface area (Å²) in [6.45, 7) is 0. The van der Waals surface area contributed by atoms with Crippen LogP contribution in [0.15, 0.2) is 218 Å². The highest BCUT2D eigenvalue weighted by Crippen LogP contribution is 2.49. The molecule has 6 heteroatoms. The van der Waals surface area contributed by atoms with E-state index in [9.17, 15) is 15.8 Å². The number of nitrogens with zero attached hydrogens (tertiary/aromatic N) is 6. The Morgan fingerprint density at radius 2 is 0.594 bits per heavy atom. The minimum atomic E-state index is 0.333. The van der Waals surface area contributed by atoms with Crippen LogP contribution in [0.5, 0.6) is 0 Å². The van der Waals surface area contributed by atoms with E-state index in [-0.39, 0.29) is 0 Å². The number of fused-ring (bicyclic) bond motifs is 9. The Hall–Kier alpha value is -9.93. The second-order valence-corrected chi connectivity index (χ2v) is 17.4. The first-order valence-electron chi connectivity index (χ1n) is 22.9. The van der Waals surface area contributed by atoms with Gasteiger partial charge in [-0.05, 0) is 88.5 Å². The van der Waals surface area contributed by atoms with E-state index in [1.807, 2.05) is 84.9 Å². The normalized spacial score (nSPS) is 11.4. The molecule has 0 atom stereocenters. The van der Waals surface area contributed by atoms with Crippen LogP contribution in [0.3, 0.4) is 0 Å². The zero-order valence-corrected chi connectivity index (χ0v) is 37.0. The third-order valence-electron chi connectivity index (χ3n) is 13.8. The molecule has 0 saturated carbocycles. The van der Waals surface area contributed by atoms with E-state index < -0.39 is 0 Å². The minimum Gasteiger partial charge on any atom is -0.307 e. The summed E-state index contributed by atoms with van der Waals surface area (Å²) in [5.74, 6) is 0. The topological polar surface area (TPSA) is 86.2 Å². The van der Waals surface area contributed by atoms with Gasteiger partial charge in [0, 0.05) is 37.9 Å². The molecule has 13 rings (SSSR count). The van der Waals surface area contributed by atoms with E-state index in [2.05, 4.69) is 165 Å². The van der Waals surface area contributed by atoms with Crippen molar-refractivity contribution in [2.75, 3.05) is 0 Å². The summed E-state index contributed by atoms with van der Waals surface area (Å²) in [5.41, 5.74) is 14.0. The van der Waals surface area contributed by atoms with Gasteiger partial charge in [0.2, 0.25) is 0 Å². The standard InChI is InChI=1S/C63H36N6/c64-37-40-27-29-43(30-28-40)60-62(68-54-23-11-7-19-46(54)47-20-8-12-24-55(47)68)52(38-65)61(53(39-66)63(60)69-56-25-13-9-21-48(56)49-22-10-14-26-57(49)69)67-58-33-31-44(41-15-3-1-4-16-41)35-50(58)51-36-45(32-34-59(51)67)42-17-5-2-6-18-42/h1-36H. The monoisotopic (exact) mass is 876 g/mol. The summed E-state index contributed by atoms with van der Waals surface area (Å²) in [5, 5.41) is 40.5. The van der Waals surface area contributed by atoms with Crippen molar-refractivity contribution < 1.29 is 0 Å². The fourth-order valence-corrected chi connectivity index (χ4v) is 10.8. The lowest BCUT2D eigenvalue weighted by Crippen LogP contribution is -2.14. The van der Waals surface area contributed by atoms with Crippen LogP contribution in [-0.2, 0) is 0 Å². The lowest BCUT2D eigenvalue weighted by molar-refractivity contribution is 1.08. The molecule has 0 amide bonds. The van der Waals surface area contributed by atoms with Crippen LogP contribution in [0, 0.1) is 34.0 Å². The average molecular weight is 877 g/mol. The van der Waals surface area contributed by atoms with Gasteiger partial charge in [0.05, 0.1) is 61.8 Å². The van der Waals surface area contributed by atoms with Gasteiger partial charge in [0.1, 0.15) is 23.3 Å². The Kier molecular flexibility index (Phi) is 8.92. The Bertz CT molecular complexity index is 4020. The van der Waals surface area contributed by atoms with Crippen molar-refractivity contribution in [2.45, 2.75) is 0 Å². The smallest absolute Gasteiger partial charge is 0.104 e. The molecule has 0 spiro atoms. The molecular formula is C63H36N6. The highest BCUT2D eigenvalue weighted by Gasteiger charge is 2.33. The summed E-state index contributed by atoms with van der Waals surface area (Å²) in [6.07, 6.45) is 0. The van der Waals surface area contributed by atoms with E-state index >= 15 is 0 Å². The van der Waals surface area contributed by atoms with E-state index in [1.54, 1.807) is 0 Å². The summed E-state index contributed by atoms with van der Waals surface area (Å²) in [4.78, 5) is 0. The predicted octanol–water partition coefficient (Wildman–Crippen LogP) is 15.6. The van der Waals surface area contributed by atoms with Crippen LogP contribution in [0.1, 0.15) is 16.7 Å². The molecule has 0 fully saturated rings. The van der Waals surface area contributed by atoms with Crippen molar-refractivity contribution >= 4 is 65.4 Å². The third-order valence-corrected chi connectivity index (χ3v) is 13.8. The second kappa shape index (κ2) is 15.6. The Labute approximate surface area is 396 Å². The Balaban J connectivity index is 1.29. The van der Waals surface area contributed by atoms with Crippen LogP contribution in [0.25, 0.3) is 116 Å². The van der Waals surface area contributed by atoms with Gasteiger partial charge in [-0.15, -0.1) is 0 Å². The molecule has 0 aliphatic rings. The highest BCUT2D eigenvalue weighted by atomic mass is 15.1. The number of para-hydroxylation sites is 4. The van der Waals surface area contributed by atoms with Gasteiger partial charge < -0.3 is 13.7 Å². The molecule has 10 aromatic carbocycles. The lowest BCUT2D eigenvalue weighted by Gasteiger charge is -2.26. The van der Waals surface area contributed by atoms with Gasteiger partial charge in [-0.3, -0.25) is 0 Å². The second-order valence-electron chi connectivity index (χ2n) is 17.4. The average Bonchev–Trinajstić information content (AvgIpc) is 4.05. The molecule has 0 aliphatic carbocycles. The molecule has 3 aromatic heterocycles. The molecule has 0 saturated heterocycles. The van der Waals surface area contributed by atoms with E-state index in [4.69, 9.17) is 0 Å². The maximum atomic E-state index is 12.2. The van der Waals surface area contributed by atoms with Gasteiger partial charge in [-0.2, -0.15) is 15.8 Å². The van der Waals surface area contributed by atoms with Crippen molar-refractivity contribution in [2.24, 2.45) is 0 Å². The van der Waals surface area contributed by atoms with Crippen LogP contribution < -0.4 is 0 Å². The quantitative estimate of drug-likeness (QED) is 0.167. The van der Waals surface area contributed by atoms with Crippen molar-refractivity contribution in [3.8, 4) is 68.7 Å². The number of rotatable bonds is 6. The summed E-state index contributed by atoms with van der Waals surface area (Å²) in [7, 11) is 0. The summed E-state index contributed by atoms with van der Waals surface area (Å²) in [6, 6.07) is 82.4. The Morgan fingerprint density at radius 1 is 0.261 bits per heavy atom. The van der Waals surface area contributed by atoms with Gasteiger partial charge in [-0.1, -0.05) is 158 Å². The zero-order chi connectivity index (χ0) is 46.2. The van der Waals surface area contributed by atoms with Gasteiger partial charge in [0.15, 0.2) is 0 Å². The van der Waals surface area contributed by atoms with Crippen molar-refractivity contribution in [1.29, 1.82) is 15.8 Å². The van der Waals surface area contributed by atoms with E-state index in [0.717, 1.165) is 93.2 Å². The summed E-state index contributed by atoms with van der Waals surface area (Å²) >= 11 is 0. The zero-order valence-electron chi connectivity index (χ0n) is 37.0. The maximum absolute atomic E-state index is 12.2. The third kappa shape index (κ3) is 5.89. The number of aromatic nitrogens is 3. The van der Waals surface area contributed by atoms with Crippen LogP contribution >= 0.6 is 0 Å². The molecule has 0 bridgehead atoms. The predicted molar refractivity (Wildman–Crippen MR) is 280 cm³/mol. The first-order valence-corrected chi connectivity index (χ1v) is 22.9. The molecule has 69 heavy (non-hydrogen) atoms. The van der Waals surface area contributed by atoms with Crippen molar-refractivity contribution in [1.82, 2.24) is 13.7 Å². The van der Waals surface area contributed by atoms with Crippen molar-refractivity contribution in [3.63, 3.8) is 0 Å². The van der Waals surface area contributed by atoms with Gasteiger partial charge >= 0.3 is 0 Å². The summed E-state index contributed by atoms with van der Waals surface area (Å²) < 4.78 is 6.59. The lowest BCUT2D eigenvalue weighted by atomic mass is 9.91. The molecular weight excluding hydrogens is 841 g/mol. The fourth-order valence-electron chi connectivity index (χ4n) is 10.8. The largest absolute Gasteiger partial charge is 0.307 e. The van der Waals surface area contributed by atoms with E-state index in [0.29, 0.717) is 39.3 Å².